The van der Waals surface area contributed by atoms with E-state index in [4.69, 9.17) is 22.4 Å². The fraction of sp³-hybridized carbons (Fsp3) is 0.0909. The number of hydrogen-bond acceptors (Lipinski definition) is 5. The normalized spacial score (nSPS) is 12.6. The highest BCUT2D eigenvalue weighted by molar-refractivity contribution is 5.80. The number of imidazole rings is 2. The number of fused-ring (bicyclic) bond motifs is 2. The zero-order valence-corrected chi connectivity index (χ0v) is 16.0. The van der Waals surface area contributed by atoms with Crippen molar-refractivity contribution in [1.82, 2.24) is 19.1 Å². The minimum atomic E-state index is -0.0545. The lowest BCUT2D eigenvalue weighted by Crippen LogP contribution is -2.17. The molecule has 30 heavy (non-hydrogen) atoms. The van der Waals surface area contributed by atoms with Crippen LogP contribution in [0.5, 0.6) is 0 Å². The van der Waals surface area contributed by atoms with Gasteiger partial charge < -0.3 is 9.13 Å². The summed E-state index contributed by atoms with van der Waals surface area (Å²) < 4.78 is 3.46. The van der Waals surface area contributed by atoms with Crippen molar-refractivity contribution in [2.45, 2.75) is 0 Å². The molecular weight excluding hydrogens is 376 g/mol. The summed E-state index contributed by atoms with van der Waals surface area (Å²) in [7, 11) is 3.54. The molecule has 0 atom stereocenters. The molecule has 0 aliphatic carbocycles. The van der Waals surface area contributed by atoms with Gasteiger partial charge >= 0.3 is 5.70 Å². The maximum atomic E-state index is 9.16. The van der Waals surface area contributed by atoms with Crippen LogP contribution in [0.1, 0.15) is 0 Å². The molecule has 0 aliphatic heterocycles. The third-order valence-electron chi connectivity index (χ3n) is 4.97. The van der Waals surface area contributed by atoms with Crippen LogP contribution in [-0.4, -0.2) is 19.1 Å². The molecule has 140 valence electrons. The maximum Gasteiger partial charge on any atom is 0.303 e. The van der Waals surface area contributed by atoms with E-state index in [9.17, 15) is 0 Å². The molecule has 4 rings (SSSR count). The number of rotatable bonds is 0. The Kier molecular flexibility index (Phi) is 4.25. The topological polar surface area (TPSA) is 111 Å². The van der Waals surface area contributed by atoms with Crippen molar-refractivity contribution in [2.75, 3.05) is 0 Å². The van der Waals surface area contributed by atoms with Crippen molar-refractivity contribution in [1.29, 1.82) is 15.8 Å². The average Bonchev–Trinajstić information content (AvgIpc) is 3.27. The van der Waals surface area contributed by atoms with Gasteiger partial charge in [0.2, 0.25) is 0 Å². The molecule has 0 saturated heterocycles. The fourth-order valence-electron chi connectivity index (χ4n) is 3.42. The van der Waals surface area contributed by atoms with Gasteiger partial charge in [0.05, 0.1) is 34.7 Å². The molecule has 2 heterocycles. The molecule has 0 radical (unpaired) electrons. The highest BCUT2D eigenvalue weighted by Gasteiger charge is 2.08. The molecule has 0 bridgehead atoms. The molecule has 0 spiro atoms. The minimum Gasteiger partial charge on any atom is -0.336 e. The van der Waals surface area contributed by atoms with Gasteiger partial charge in [0.25, 0.3) is 0 Å². The molecule has 0 amide bonds. The lowest BCUT2D eigenvalue weighted by Gasteiger charge is -1.97. The van der Waals surface area contributed by atoms with Gasteiger partial charge in [-0.2, -0.15) is 10.5 Å². The molecule has 0 N–H and O–H groups in total. The predicted molar refractivity (Wildman–Crippen MR) is 109 cm³/mol. The largest absolute Gasteiger partial charge is 0.336 e. The molecule has 0 fully saturated rings. The summed E-state index contributed by atoms with van der Waals surface area (Å²) >= 11 is 0. The van der Waals surface area contributed by atoms with Gasteiger partial charge in [-0.1, -0.05) is 12.1 Å². The van der Waals surface area contributed by atoms with Crippen LogP contribution < -0.4 is 11.0 Å². The van der Waals surface area contributed by atoms with E-state index in [2.05, 4.69) is 14.8 Å². The van der Waals surface area contributed by atoms with E-state index >= 15 is 0 Å². The highest BCUT2D eigenvalue weighted by atomic mass is 15.1. The summed E-state index contributed by atoms with van der Waals surface area (Å²) in [5, 5.41) is 29.3. The van der Waals surface area contributed by atoms with Crippen LogP contribution >= 0.6 is 0 Å². The van der Waals surface area contributed by atoms with Crippen molar-refractivity contribution in [3.63, 3.8) is 0 Å². The number of hydrogen-bond donors (Lipinski definition) is 0. The van der Waals surface area contributed by atoms with E-state index in [-0.39, 0.29) is 11.3 Å². The number of aromatic nitrogens is 4. The molecule has 0 unspecified atom stereocenters. The molecule has 8 nitrogen and oxygen atoms in total. The smallest absolute Gasteiger partial charge is 0.303 e. The second-order valence-corrected chi connectivity index (χ2v) is 6.57. The first-order chi connectivity index (χ1) is 14.5. The van der Waals surface area contributed by atoms with Gasteiger partial charge in [0.1, 0.15) is 17.6 Å². The van der Waals surface area contributed by atoms with E-state index in [1.54, 1.807) is 23.2 Å². The van der Waals surface area contributed by atoms with Crippen LogP contribution in [0, 0.1) is 51.0 Å². The molecule has 8 heteroatoms. The average molecular weight is 388 g/mol. The van der Waals surface area contributed by atoms with Crippen molar-refractivity contribution in [3.05, 3.63) is 69.2 Å². The van der Waals surface area contributed by atoms with Crippen LogP contribution in [0.4, 0.5) is 0 Å². The lowest BCUT2D eigenvalue weighted by atomic mass is 10.2. The third-order valence-corrected chi connectivity index (χ3v) is 4.97. The molecule has 0 aliphatic rings. The Labute approximate surface area is 170 Å². The van der Waals surface area contributed by atoms with Gasteiger partial charge in [-0.05, 0) is 34.7 Å². The Bertz CT molecular complexity index is 1590. The zero-order valence-electron chi connectivity index (χ0n) is 16.0. The van der Waals surface area contributed by atoms with E-state index in [1.165, 1.54) is 0 Å². The Morgan fingerprint density at radius 3 is 1.80 bits per heavy atom. The SMILES string of the molecule is [C-]#[N+]/C(C#N)=c1\nc2cc/c(=c3/ccc4nc(=C(C#N)C#N)n(C)c4c3)cc2n1C. The van der Waals surface area contributed by atoms with Gasteiger partial charge in [0.15, 0.2) is 11.1 Å². The van der Waals surface area contributed by atoms with E-state index in [0.29, 0.717) is 22.0 Å². The molecule has 2 aromatic carbocycles. The summed E-state index contributed by atoms with van der Waals surface area (Å²) in [6, 6.07) is 17.1. The van der Waals surface area contributed by atoms with Crippen LogP contribution in [-0.2, 0) is 14.1 Å². The first-order valence-electron chi connectivity index (χ1n) is 8.78. The summed E-state index contributed by atoms with van der Waals surface area (Å²) in [6.07, 6.45) is 0. The first kappa shape index (κ1) is 18.4. The van der Waals surface area contributed by atoms with Crippen molar-refractivity contribution in [3.8, 4) is 18.2 Å². The molecular formula is C22H12N8. The van der Waals surface area contributed by atoms with E-state index in [0.717, 1.165) is 21.5 Å². The Morgan fingerprint density at radius 2 is 1.33 bits per heavy atom. The summed E-state index contributed by atoms with van der Waals surface area (Å²) in [6.45, 7) is 7.16. The zero-order chi connectivity index (χ0) is 21.4. The number of nitrogens with zero attached hydrogens (tertiary/aromatic N) is 8. The predicted octanol–water partition coefficient (Wildman–Crippen LogP) is 1.50. The minimum absolute atomic E-state index is 0.0385. The third kappa shape index (κ3) is 2.66. The maximum absolute atomic E-state index is 9.16. The Hall–Kier alpha value is -4.92. The summed E-state index contributed by atoms with van der Waals surface area (Å²) in [5.41, 5.74) is 3.55. The fourth-order valence-corrected chi connectivity index (χ4v) is 3.42. The second-order valence-electron chi connectivity index (χ2n) is 6.57. The number of nitriles is 3. The van der Waals surface area contributed by atoms with Crippen molar-refractivity contribution in [2.24, 2.45) is 14.1 Å². The van der Waals surface area contributed by atoms with Crippen molar-refractivity contribution >= 4 is 33.3 Å². The Balaban J connectivity index is 2.10. The van der Waals surface area contributed by atoms with Gasteiger partial charge in [-0.3, -0.25) is 0 Å². The van der Waals surface area contributed by atoms with Gasteiger partial charge in [-0.15, -0.1) is 0 Å². The van der Waals surface area contributed by atoms with E-state index < -0.39 is 0 Å². The first-order valence-corrected chi connectivity index (χ1v) is 8.78. The Morgan fingerprint density at radius 1 is 0.833 bits per heavy atom. The van der Waals surface area contributed by atoms with Crippen LogP contribution in [0.15, 0.2) is 36.4 Å². The van der Waals surface area contributed by atoms with Crippen LogP contribution in [0.3, 0.4) is 0 Å². The lowest BCUT2D eigenvalue weighted by molar-refractivity contribution is 0.895. The highest BCUT2D eigenvalue weighted by Crippen LogP contribution is 2.14. The van der Waals surface area contributed by atoms with Gasteiger partial charge in [0, 0.05) is 14.1 Å². The number of benzene rings is 2. The van der Waals surface area contributed by atoms with Crippen LogP contribution in [0.25, 0.3) is 38.2 Å². The molecule has 2 aromatic heterocycles. The second kappa shape index (κ2) is 6.91. The quantitative estimate of drug-likeness (QED) is 0.424. The van der Waals surface area contributed by atoms with Crippen molar-refractivity contribution < 1.29 is 0 Å². The number of aryl methyl sites for hydroxylation is 2. The monoisotopic (exact) mass is 388 g/mol. The standard InChI is InChI=1S/C22H12N8/c1-26-18(12-25)22-28-17-7-5-14(9-20(17)30(22)3)13-4-6-16-19(8-13)29(2)21(27-16)15(10-23)11-24/h4-9H,2-3H3/b14-13+,22-18+. The van der Waals surface area contributed by atoms with E-state index in [1.807, 2.05) is 54.6 Å². The molecule has 4 aromatic rings. The summed E-state index contributed by atoms with van der Waals surface area (Å²) in [4.78, 5) is 12.1. The van der Waals surface area contributed by atoms with Gasteiger partial charge in [-0.25, -0.2) is 20.1 Å². The van der Waals surface area contributed by atoms with Crippen LogP contribution in [0.2, 0.25) is 0 Å². The summed E-state index contributed by atoms with van der Waals surface area (Å²) in [5.74, 6) is 0. The molecule has 0 saturated carbocycles.